The Labute approximate surface area is 103 Å². The lowest BCUT2D eigenvalue weighted by Gasteiger charge is -2.29. The number of nitrogens with zero attached hydrogens (tertiary/aromatic N) is 1. The molecule has 17 heavy (non-hydrogen) atoms. The molecule has 1 N–H and O–H groups in total. The number of hydrogen-bond donors (Lipinski definition) is 1. The Morgan fingerprint density at radius 2 is 1.71 bits per heavy atom. The van der Waals surface area contributed by atoms with Crippen LogP contribution < -0.4 is 5.32 Å². The average molecular weight is 244 g/mol. The molecule has 1 heterocycles. The summed E-state index contributed by atoms with van der Waals surface area (Å²) in [5.74, 6) is 0.422. The van der Waals surface area contributed by atoms with Crippen LogP contribution in [-0.2, 0) is 14.3 Å². The molecule has 0 aromatic carbocycles. The van der Waals surface area contributed by atoms with Crippen molar-refractivity contribution >= 4 is 5.91 Å². The fourth-order valence-corrected chi connectivity index (χ4v) is 2.06. The van der Waals surface area contributed by atoms with Crippen LogP contribution in [0.25, 0.3) is 0 Å². The second-order valence-electron chi connectivity index (χ2n) is 4.34. The molecule has 0 radical (unpaired) electrons. The smallest absolute Gasteiger partial charge is 0.225 e. The van der Waals surface area contributed by atoms with Crippen molar-refractivity contribution in [2.45, 2.75) is 12.8 Å². The Balaban J connectivity index is 2.44. The van der Waals surface area contributed by atoms with E-state index in [1.165, 1.54) is 0 Å². The number of hydrogen-bond acceptors (Lipinski definition) is 4. The van der Waals surface area contributed by atoms with Crippen molar-refractivity contribution in [3.8, 4) is 0 Å². The van der Waals surface area contributed by atoms with Gasteiger partial charge in [0.1, 0.15) is 0 Å². The molecule has 5 nitrogen and oxygen atoms in total. The van der Waals surface area contributed by atoms with Crippen molar-refractivity contribution in [3.05, 3.63) is 0 Å². The number of carbonyl (C=O) groups excluding carboxylic acids is 1. The van der Waals surface area contributed by atoms with E-state index >= 15 is 0 Å². The lowest BCUT2D eigenvalue weighted by molar-refractivity contribution is -0.137. The van der Waals surface area contributed by atoms with Crippen LogP contribution in [0.4, 0.5) is 0 Å². The zero-order valence-electron chi connectivity index (χ0n) is 10.9. The Bertz CT molecular complexity index is 210. The van der Waals surface area contributed by atoms with Crippen LogP contribution in [0, 0.1) is 5.92 Å². The normalized spacial score (nSPS) is 17.1. The van der Waals surface area contributed by atoms with E-state index < -0.39 is 0 Å². The molecular formula is C12H24N2O3. The standard InChI is InChI=1S/C12H24N2O3/c1-16-9-7-14(8-10-17-2)12(15)11-3-5-13-6-4-11/h11,13H,3-10H2,1-2H3. The van der Waals surface area contributed by atoms with Crippen LogP contribution in [0.5, 0.6) is 0 Å². The molecule has 1 fully saturated rings. The minimum atomic E-state index is 0.171. The molecule has 1 rings (SSSR count). The molecule has 5 heteroatoms. The fraction of sp³-hybridized carbons (Fsp3) is 0.917. The highest BCUT2D eigenvalue weighted by Gasteiger charge is 2.25. The number of piperidine rings is 1. The van der Waals surface area contributed by atoms with Gasteiger partial charge in [0.05, 0.1) is 13.2 Å². The second-order valence-corrected chi connectivity index (χ2v) is 4.34. The third-order valence-corrected chi connectivity index (χ3v) is 3.13. The topological polar surface area (TPSA) is 50.8 Å². The summed E-state index contributed by atoms with van der Waals surface area (Å²) in [6.45, 7) is 4.36. The Morgan fingerprint density at radius 1 is 1.18 bits per heavy atom. The van der Waals surface area contributed by atoms with E-state index in [-0.39, 0.29) is 11.8 Å². The molecule has 0 aromatic rings. The molecule has 0 aliphatic carbocycles. The molecule has 0 spiro atoms. The van der Waals surface area contributed by atoms with Gasteiger partial charge in [0.25, 0.3) is 0 Å². The predicted octanol–water partition coefficient (Wildman–Crippen LogP) is 0.107. The first kappa shape index (κ1) is 14.4. The van der Waals surface area contributed by atoms with Gasteiger partial charge in [0.2, 0.25) is 5.91 Å². The molecule has 0 unspecified atom stereocenters. The molecule has 1 saturated heterocycles. The van der Waals surface area contributed by atoms with Gasteiger partial charge in [-0.05, 0) is 25.9 Å². The SMILES string of the molecule is COCCN(CCOC)C(=O)C1CCNCC1. The number of methoxy groups -OCH3 is 2. The van der Waals surface area contributed by atoms with Crippen LogP contribution in [0.15, 0.2) is 0 Å². The number of rotatable bonds is 7. The van der Waals surface area contributed by atoms with Crippen molar-refractivity contribution in [1.82, 2.24) is 10.2 Å². The van der Waals surface area contributed by atoms with E-state index in [1.807, 2.05) is 4.90 Å². The average Bonchev–Trinajstić information content (AvgIpc) is 2.39. The highest BCUT2D eigenvalue weighted by atomic mass is 16.5. The third-order valence-electron chi connectivity index (χ3n) is 3.13. The Hall–Kier alpha value is -0.650. The van der Waals surface area contributed by atoms with Crippen LogP contribution in [0.2, 0.25) is 0 Å². The van der Waals surface area contributed by atoms with Gasteiger partial charge in [-0.15, -0.1) is 0 Å². The zero-order chi connectivity index (χ0) is 12.5. The van der Waals surface area contributed by atoms with Crippen LogP contribution in [0.3, 0.4) is 0 Å². The lowest BCUT2D eigenvalue weighted by Crippen LogP contribution is -2.43. The van der Waals surface area contributed by atoms with Gasteiger partial charge in [-0.3, -0.25) is 4.79 Å². The number of amides is 1. The van der Waals surface area contributed by atoms with Crippen molar-refractivity contribution in [1.29, 1.82) is 0 Å². The molecule has 1 aliphatic heterocycles. The summed E-state index contributed by atoms with van der Waals surface area (Å²) in [5, 5.41) is 3.27. The van der Waals surface area contributed by atoms with Gasteiger partial charge in [-0.2, -0.15) is 0 Å². The molecule has 1 amide bonds. The summed E-state index contributed by atoms with van der Waals surface area (Å²) in [6.07, 6.45) is 1.88. The molecule has 100 valence electrons. The van der Waals surface area contributed by atoms with Crippen molar-refractivity contribution in [2.24, 2.45) is 5.92 Å². The summed E-state index contributed by atoms with van der Waals surface area (Å²) in [7, 11) is 3.31. The largest absolute Gasteiger partial charge is 0.383 e. The molecular weight excluding hydrogens is 220 g/mol. The molecule has 0 bridgehead atoms. The van der Waals surface area contributed by atoms with E-state index in [2.05, 4.69) is 5.32 Å². The fourth-order valence-electron chi connectivity index (χ4n) is 2.06. The monoisotopic (exact) mass is 244 g/mol. The van der Waals surface area contributed by atoms with Crippen molar-refractivity contribution < 1.29 is 14.3 Å². The maximum Gasteiger partial charge on any atom is 0.225 e. The van der Waals surface area contributed by atoms with Crippen molar-refractivity contribution in [2.75, 3.05) is 53.6 Å². The number of ether oxygens (including phenoxy) is 2. The number of nitrogens with one attached hydrogen (secondary N) is 1. The van der Waals surface area contributed by atoms with E-state index in [0.29, 0.717) is 26.3 Å². The summed E-state index contributed by atoms with van der Waals surface area (Å²) in [5.41, 5.74) is 0. The molecule has 0 atom stereocenters. The van der Waals surface area contributed by atoms with Gasteiger partial charge in [-0.1, -0.05) is 0 Å². The van der Waals surface area contributed by atoms with Crippen LogP contribution >= 0.6 is 0 Å². The quantitative estimate of drug-likeness (QED) is 0.690. The first-order valence-corrected chi connectivity index (χ1v) is 6.27. The molecule has 1 aliphatic rings. The first-order chi connectivity index (χ1) is 8.29. The minimum absolute atomic E-state index is 0.171. The van der Waals surface area contributed by atoms with Crippen molar-refractivity contribution in [3.63, 3.8) is 0 Å². The highest BCUT2D eigenvalue weighted by Crippen LogP contribution is 2.15. The highest BCUT2D eigenvalue weighted by molar-refractivity contribution is 5.79. The van der Waals surface area contributed by atoms with Gasteiger partial charge in [0, 0.05) is 33.2 Å². The van der Waals surface area contributed by atoms with Gasteiger partial charge >= 0.3 is 0 Å². The molecule has 0 saturated carbocycles. The van der Waals surface area contributed by atoms with Gasteiger partial charge in [0.15, 0.2) is 0 Å². The maximum atomic E-state index is 12.3. The summed E-state index contributed by atoms with van der Waals surface area (Å²) in [4.78, 5) is 14.2. The van der Waals surface area contributed by atoms with E-state index in [0.717, 1.165) is 25.9 Å². The van der Waals surface area contributed by atoms with Crippen LogP contribution in [-0.4, -0.2) is 64.4 Å². The summed E-state index contributed by atoms with van der Waals surface area (Å²) >= 11 is 0. The zero-order valence-corrected chi connectivity index (χ0v) is 10.9. The second kappa shape index (κ2) is 8.44. The summed E-state index contributed by atoms with van der Waals surface area (Å²) in [6, 6.07) is 0. The van der Waals surface area contributed by atoms with Gasteiger partial charge in [-0.25, -0.2) is 0 Å². The van der Waals surface area contributed by atoms with Crippen LogP contribution in [0.1, 0.15) is 12.8 Å². The van der Waals surface area contributed by atoms with E-state index in [4.69, 9.17) is 9.47 Å². The summed E-state index contributed by atoms with van der Waals surface area (Å²) < 4.78 is 10.1. The van der Waals surface area contributed by atoms with E-state index in [9.17, 15) is 4.79 Å². The third kappa shape index (κ3) is 5.02. The van der Waals surface area contributed by atoms with E-state index in [1.54, 1.807) is 14.2 Å². The first-order valence-electron chi connectivity index (χ1n) is 6.27. The predicted molar refractivity (Wildman–Crippen MR) is 65.9 cm³/mol. The Morgan fingerprint density at radius 3 is 2.18 bits per heavy atom. The molecule has 0 aromatic heterocycles. The maximum absolute atomic E-state index is 12.3. The number of carbonyl (C=O) groups is 1. The Kier molecular flexibility index (Phi) is 7.16. The van der Waals surface area contributed by atoms with Gasteiger partial charge < -0.3 is 19.7 Å². The minimum Gasteiger partial charge on any atom is -0.383 e. The lowest BCUT2D eigenvalue weighted by atomic mass is 9.96.